The first-order valence-electron chi connectivity index (χ1n) is 7.69. The average Bonchev–Trinajstić information content (AvgIpc) is 2.60. The van der Waals surface area contributed by atoms with Crippen LogP contribution in [0.25, 0.3) is 0 Å². The van der Waals surface area contributed by atoms with Gasteiger partial charge in [-0.15, -0.1) is 0 Å². The summed E-state index contributed by atoms with van der Waals surface area (Å²) in [5.41, 5.74) is 0.425. The molecule has 1 aliphatic carbocycles. The fourth-order valence-electron chi connectivity index (χ4n) is 3.17. The summed E-state index contributed by atoms with van der Waals surface area (Å²) in [6, 6.07) is 6.53. The summed E-state index contributed by atoms with van der Waals surface area (Å²) in [5.74, 6) is -0.487. The van der Waals surface area contributed by atoms with Gasteiger partial charge in [0.25, 0.3) is 5.56 Å². The summed E-state index contributed by atoms with van der Waals surface area (Å²) >= 11 is 0. The van der Waals surface area contributed by atoms with Crippen LogP contribution in [0.2, 0.25) is 0 Å². The van der Waals surface area contributed by atoms with E-state index in [2.05, 4.69) is 4.98 Å². The number of hydrogen-bond donors (Lipinski definition) is 2. The number of benzene rings is 1. The summed E-state index contributed by atoms with van der Waals surface area (Å²) in [7, 11) is 3.09. The van der Waals surface area contributed by atoms with Crippen LogP contribution in [0, 0.1) is 0 Å². The van der Waals surface area contributed by atoms with Crippen LogP contribution in [-0.4, -0.2) is 36.1 Å². The van der Waals surface area contributed by atoms with Gasteiger partial charge in [0, 0.05) is 29.7 Å². The molecule has 0 aliphatic heterocycles. The number of ketones is 1. The van der Waals surface area contributed by atoms with Gasteiger partial charge in [-0.05, 0) is 24.1 Å². The molecule has 1 aromatic heterocycles. The molecular formula is C18H17NO6. The molecule has 0 saturated carbocycles. The van der Waals surface area contributed by atoms with Crippen LogP contribution in [0.15, 0.2) is 29.1 Å². The minimum Gasteiger partial charge on any atom is -0.497 e. The molecule has 1 atom stereocenters. The number of hydrogen-bond acceptors (Lipinski definition) is 5. The zero-order chi connectivity index (χ0) is 18.1. The van der Waals surface area contributed by atoms with Crippen LogP contribution in [0.5, 0.6) is 11.5 Å². The Balaban J connectivity index is 2.02. The second-order valence-corrected chi connectivity index (χ2v) is 5.85. The fourth-order valence-corrected chi connectivity index (χ4v) is 3.17. The molecule has 1 heterocycles. The number of pyridine rings is 1. The second kappa shape index (κ2) is 6.43. The van der Waals surface area contributed by atoms with Gasteiger partial charge in [0.05, 0.1) is 14.2 Å². The third-order valence-corrected chi connectivity index (χ3v) is 4.42. The van der Waals surface area contributed by atoms with Gasteiger partial charge in [-0.1, -0.05) is 6.07 Å². The van der Waals surface area contributed by atoms with Gasteiger partial charge in [0.15, 0.2) is 5.78 Å². The lowest BCUT2D eigenvalue weighted by atomic mass is 9.81. The van der Waals surface area contributed by atoms with Crippen molar-refractivity contribution in [3.05, 3.63) is 57.0 Å². The highest BCUT2D eigenvalue weighted by atomic mass is 16.5. The van der Waals surface area contributed by atoms with Crippen molar-refractivity contribution in [2.45, 2.75) is 18.8 Å². The molecule has 0 amide bonds. The van der Waals surface area contributed by atoms with E-state index in [-0.39, 0.29) is 23.7 Å². The van der Waals surface area contributed by atoms with Crippen molar-refractivity contribution >= 4 is 11.8 Å². The Morgan fingerprint density at radius 2 is 1.92 bits per heavy atom. The third kappa shape index (κ3) is 3.00. The van der Waals surface area contributed by atoms with E-state index in [1.807, 2.05) is 6.07 Å². The number of carbonyl (C=O) groups excluding carboxylic acids is 1. The summed E-state index contributed by atoms with van der Waals surface area (Å²) in [4.78, 5) is 38.0. The van der Waals surface area contributed by atoms with Crippen LogP contribution in [0.4, 0.5) is 0 Å². The van der Waals surface area contributed by atoms with Crippen LogP contribution in [0.3, 0.4) is 0 Å². The number of aromatic carboxylic acids is 1. The molecule has 0 spiro atoms. The molecule has 2 N–H and O–H groups in total. The number of carboxylic acids is 1. The van der Waals surface area contributed by atoms with Crippen molar-refractivity contribution in [3.8, 4) is 11.5 Å². The number of carbonyl (C=O) groups is 2. The minimum atomic E-state index is -1.35. The monoisotopic (exact) mass is 343 g/mol. The Bertz CT molecular complexity index is 914. The number of fused-ring (bicyclic) bond motifs is 1. The molecule has 1 aromatic carbocycles. The summed E-state index contributed by atoms with van der Waals surface area (Å²) in [6.07, 6.45) is 0.625. The van der Waals surface area contributed by atoms with Gasteiger partial charge in [0.1, 0.15) is 17.1 Å². The number of nitrogens with one attached hydrogen (secondary N) is 1. The van der Waals surface area contributed by atoms with Crippen molar-refractivity contribution in [3.63, 3.8) is 0 Å². The molecule has 2 aromatic rings. The molecule has 0 saturated heterocycles. The Hall–Kier alpha value is -3.09. The summed E-state index contributed by atoms with van der Waals surface area (Å²) < 4.78 is 10.6. The van der Waals surface area contributed by atoms with Crippen LogP contribution in [0.1, 0.15) is 44.3 Å². The maximum Gasteiger partial charge on any atom is 0.341 e. The van der Waals surface area contributed by atoms with Crippen LogP contribution >= 0.6 is 0 Å². The lowest BCUT2D eigenvalue weighted by Crippen LogP contribution is -2.27. The topological polar surface area (TPSA) is 106 Å². The van der Waals surface area contributed by atoms with Crippen LogP contribution < -0.4 is 15.0 Å². The Morgan fingerprint density at radius 1 is 1.16 bits per heavy atom. The number of rotatable bonds is 4. The number of carboxylic acid groups (broad SMARTS) is 1. The predicted octanol–water partition coefficient (Wildman–Crippen LogP) is 2.00. The van der Waals surface area contributed by atoms with E-state index in [1.54, 1.807) is 19.2 Å². The van der Waals surface area contributed by atoms with Crippen molar-refractivity contribution in [2.24, 2.45) is 0 Å². The molecule has 0 unspecified atom stereocenters. The van der Waals surface area contributed by atoms with Crippen molar-refractivity contribution in [1.29, 1.82) is 0 Å². The van der Waals surface area contributed by atoms with Crippen molar-refractivity contribution in [2.75, 3.05) is 14.2 Å². The minimum absolute atomic E-state index is 0.174. The molecule has 0 fully saturated rings. The van der Waals surface area contributed by atoms with E-state index in [0.29, 0.717) is 23.6 Å². The highest BCUT2D eigenvalue weighted by Gasteiger charge is 2.30. The quantitative estimate of drug-likeness (QED) is 0.879. The predicted molar refractivity (Wildman–Crippen MR) is 89.0 cm³/mol. The number of methoxy groups -OCH3 is 2. The number of Topliss-reactive ketones (excluding diaryl/α,β-unsaturated/α-hetero) is 1. The largest absolute Gasteiger partial charge is 0.497 e. The van der Waals surface area contributed by atoms with Crippen LogP contribution in [-0.2, 0) is 6.42 Å². The van der Waals surface area contributed by atoms with Gasteiger partial charge in [-0.2, -0.15) is 0 Å². The highest BCUT2D eigenvalue weighted by molar-refractivity contribution is 6.00. The number of H-pyrrole nitrogens is 1. The summed E-state index contributed by atoms with van der Waals surface area (Å²) in [6.45, 7) is 0. The van der Waals surface area contributed by atoms with Crippen molar-refractivity contribution in [1.82, 2.24) is 4.98 Å². The molecule has 7 heteroatoms. The Morgan fingerprint density at radius 3 is 2.56 bits per heavy atom. The smallest absolute Gasteiger partial charge is 0.341 e. The van der Waals surface area contributed by atoms with E-state index in [4.69, 9.17) is 14.6 Å². The van der Waals surface area contributed by atoms with Gasteiger partial charge < -0.3 is 19.6 Å². The zero-order valence-electron chi connectivity index (χ0n) is 13.8. The summed E-state index contributed by atoms with van der Waals surface area (Å²) in [5, 5.41) is 9.04. The number of ether oxygens (including phenoxy) is 2. The average molecular weight is 343 g/mol. The first-order valence-corrected chi connectivity index (χ1v) is 7.69. The van der Waals surface area contributed by atoms with Crippen molar-refractivity contribution < 1.29 is 24.2 Å². The Kier molecular flexibility index (Phi) is 4.31. The first-order chi connectivity index (χ1) is 11.9. The Labute approximate surface area is 143 Å². The normalized spacial score (nSPS) is 16.2. The lowest BCUT2D eigenvalue weighted by molar-refractivity contribution is 0.0695. The molecule has 130 valence electrons. The highest BCUT2D eigenvalue weighted by Crippen LogP contribution is 2.37. The van der Waals surface area contributed by atoms with E-state index < -0.39 is 17.1 Å². The van der Waals surface area contributed by atoms with E-state index in [9.17, 15) is 14.4 Å². The SMILES string of the molecule is COc1ccc([C@@H]2CC(=O)c3cc(C(=O)O)c(=O)[nH]c3C2)c(OC)c1. The standard InChI is InChI=1S/C18H17NO6/c1-24-10-3-4-11(16(7-10)25-2)9-5-14-12(15(20)6-9)8-13(18(22)23)17(21)19-14/h3-4,7-9H,5-6H2,1-2H3,(H,19,21)(H,22,23)/t9-/m0/s1. The molecule has 0 bridgehead atoms. The maximum absolute atomic E-state index is 12.5. The van der Waals surface area contributed by atoms with Gasteiger partial charge >= 0.3 is 5.97 Å². The second-order valence-electron chi connectivity index (χ2n) is 5.85. The van der Waals surface area contributed by atoms with E-state index in [0.717, 1.165) is 5.56 Å². The zero-order valence-corrected chi connectivity index (χ0v) is 13.8. The van der Waals surface area contributed by atoms with Gasteiger partial charge in [-0.25, -0.2) is 4.79 Å². The van der Waals surface area contributed by atoms with E-state index in [1.165, 1.54) is 13.2 Å². The molecule has 25 heavy (non-hydrogen) atoms. The number of aromatic nitrogens is 1. The maximum atomic E-state index is 12.5. The fraction of sp³-hybridized carbons (Fsp3) is 0.278. The molecule has 1 aliphatic rings. The first kappa shape index (κ1) is 16.8. The lowest BCUT2D eigenvalue weighted by Gasteiger charge is -2.25. The van der Waals surface area contributed by atoms with Gasteiger partial charge in [0.2, 0.25) is 0 Å². The molecule has 7 nitrogen and oxygen atoms in total. The van der Waals surface area contributed by atoms with E-state index >= 15 is 0 Å². The van der Waals surface area contributed by atoms with Gasteiger partial charge in [-0.3, -0.25) is 9.59 Å². The molecular weight excluding hydrogens is 326 g/mol. The molecule has 3 rings (SSSR count). The number of aromatic amines is 1. The third-order valence-electron chi connectivity index (χ3n) is 4.42. The molecule has 0 radical (unpaired) electrons.